The Morgan fingerprint density at radius 1 is 0.294 bits per heavy atom. The minimum absolute atomic E-state index is 0.852. The summed E-state index contributed by atoms with van der Waals surface area (Å²) in [6, 6.07) is 66.3. The molecule has 0 amide bonds. The van der Waals surface area contributed by atoms with Crippen LogP contribution in [0.1, 0.15) is 0 Å². The molecule has 8 aromatic carbocycles. The molecule has 2 aromatic heterocycles. The Bertz CT molecular complexity index is 2850. The van der Waals surface area contributed by atoms with Crippen molar-refractivity contribution in [1.82, 2.24) is 0 Å². The second-order valence-corrected chi connectivity index (χ2v) is 12.9. The topological polar surface area (TPSA) is 29.5 Å². The first kappa shape index (κ1) is 29.1. The predicted octanol–water partition coefficient (Wildman–Crippen LogP) is 14.0. The van der Waals surface area contributed by atoms with E-state index in [0.717, 1.165) is 77.6 Å². The molecule has 0 saturated heterocycles. The molecule has 0 spiro atoms. The molecule has 51 heavy (non-hydrogen) atoms. The van der Waals surface area contributed by atoms with Crippen LogP contribution in [0.5, 0.6) is 0 Å². The Kier molecular flexibility index (Phi) is 6.81. The molecule has 0 aliphatic carbocycles. The van der Waals surface area contributed by atoms with Gasteiger partial charge in [0.25, 0.3) is 0 Å². The number of rotatable bonds is 6. The summed E-state index contributed by atoms with van der Waals surface area (Å²) in [4.78, 5) is 2.35. The van der Waals surface area contributed by atoms with Crippen LogP contribution >= 0.6 is 0 Å². The van der Waals surface area contributed by atoms with Crippen molar-refractivity contribution in [2.24, 2.45) is 0 Å². The smallest absolute Gasteiger partial charge is 0.137 e. The summed E-state index contributed by atoms with van der Waals surface area (Å²) in [7, 11) is 0. The summed E-state index contributed by atoms with van der Waals surface area (Å²) < 4.78 is 12.7. The van der Waals surface area contributed by atoms with Gasteiger partial charge in [0.1, 0.15) is 22.3 Å². The summed E-state index contributed by atoms with van der Waals surface area (Å²) in [6.45, 7) is 0. The summed E-state index contributed by atoms with van der Waals surface area (Å²) in [5, 5.41) is 4.39. The molecule has 3 heteroatoms. The SMILES string of the molecule is c1ccc(-c2ccc(-c3ccc(N(c4ccc5c(c4)oc4ccccc45)c4ccc5oc6ccccc6c5c4)c(-c4ccccc4)c3)cc2)cc1. The normalized spacial score (nSPS) is 11.5. The lowest BCUT2D eigenvalue weighted by atomic mass is 9.95. The number of nitrogens with zero attached hydrogens (tertiary/aromatic N) is 1. The van der Waals surface area contributed by atoms with Crippen LogP contribution in [0.3, 0.4) is 0 Å². The van der Waals surface area contributed by atoms with Crippen LogP contribution in [0.15, 0.2) is 197 Å². The molecule has 0 aliphatic rings. The predicted molar refractivity (Wildman–Crippen MR) is 212 cm³/mol. The number of fused-ring (bicyclic) bond motifs is 6. The maximum absolute atomic E-state index is 6.42. The molecule has 240 valence electrons. The fourth-order valence-electron chi connectivity index (χ4n) is 7.38. The van der Waals surface area contributed by atoms with E-state index in [1.807, 2.05) is 24.3 Å². The van der Waals surface area contributed by atoms with Gasteiger partial charge in [-0.1, -0.05) is 127 Å². The van der Waals surface area contributed by atoms with Crippen molar-refractivity contribution in [3.63, 3.8) is 0 Å². The van der Waals surface area contributed by atoms with E-state index in [2.05, 4.69) is 169 Å². The van der Waals surface area contributed by atoms with E-state index < -0.39 is 0 Å². The minimum atomic E-state index is 0.852. The van der Waals surface area contributed by atoms with Gasteiger partial charge < -0.3 is 13.7 Å². The molecule has 0 saturated carbocycles. The minimum Gasteiger partial charge on any atom is -0.456 e. The highest BCUT2D eigenvalue weighted by Crippen LogP contribution is 2.45. The maximum atomic E-state index is 6.42. The van der Waals surface area contributed by atoms with Crippen LogP contribution in [-0.2, 0) is 0 Å². The Balaban J connectivity index is 1.18. The van der Waals surface area contributed by atoms with Crippen molar-refractivity contribution in [2.45, 2.75) is 0 Å². The summed E-state index contributed by atoms with van der Waals surface area (Å²) in [5.41, 5.74) is 13.6. The second kappa shape index (κ2) is 11.9. The van der Waals surface area contributed by atoms with Gasteiger partial charge >= 0.3 is 0 Å². The first-order chi connectivity index (χ1) is 25.3. The zero-order chi connectivity index (χ0) is 33.7. The van der Waals surface area contributed by atoms with E-state index >= 15 is 0 Å². The van der Waals surface area contributed by atoms with Crippen molar-refractivity contribution < 1.29 is 8.83 Å². The van der Waals surface area contributed by atoms with Crippen LogP contribution in [0.25, 0.3) is 77.3 Å². The zero-order valence-electron chi connectivity index (χ0n) is 27.7. The zero-order valence-corrected chi connectivity index (χ0v) is 27.7. The van der Waals surface area contributed by atoms with E-state index in [0.29, 0.717) is 0 Å². The van der Waals surface area contributed by atoms with E-state index in [-0.39, 0.29) is 0 Å². The standard InChI is InChI=1S/C48H31NO2/c1-3-11-32(12-4-1)33-19-21-34(22-20-33)36-23-27-44(42(29-36)35-13-5-2-6-14-35)49(37-25-28-47-43(30-37)40-16-8-10-18-46(40)50-47)38-24-26-41-39-15-7-9-17-45(39)51-48(41)31-38/h1-31H. The molecule has 0 bridgehead atoms. The Labute approximate surface area is 295 Å². The van der Waals surface area contributed by atoms with Crippen molar-refractivity contribution in [3.05, 3.63) is 188 Å². The molecule has 0 aliphatic heterocycles. The van der Waals surface area contributed by atoms with Crippen LogP contribution in [0.4, 0.5) is 17.1 Å². The Morgan fingerprint density at radius 2 is 0.784 bits per heavy atom. The van der Waals surface area contributed by atoms with Gasteiger partial charge in [-0.3, -0.25) is 0 Å². The maximum Gasteiger partial charge on any atom is 0.137 e. The van der Waals surface area contributed by atoms with Crippen molar-refractivity contribution >= 4 is 60.9 Å². The van der Waals surface area contributed by atoms with Gasteiger partial charge in [0.15, 0.2) is 0 Å². The van der Waals surface area contributed by atoms with Crippen molar-refractivity contribution in [2.75, 3.05) is 4.90 Å². The van der Waals surface area contributed by atoms with E-state index in [4.69, 9.17) is 8.83 Å². The molecular weight excluding hydrogens is 623 g/mol. The number of benzene rings is 8. The Morgan fingerprint density at radius 3 is 1.51 bits per heavy atom. The fourth-order valence-corrected chi connectivity index (χ4v) is 7.38. The highest BCUT2D eigenvalue weighted by atomic mass is 16.3. The Hall–Kier alpha value is -6.84. The third-order valence-corrected chi connectivity index (χ3v) is 9.89. The van der Waals surface area contributed by atoms with Gasteiger partial charge in [-0.05, 0) is 82.4 Å². The molecule has 0 fully saturated rings. The van der Waals surface area contributed by atoms with Gasteiger partial charge in [0.05, 0.1) is 5.69 Å². The van der Waals surface area contributed by atoms with Gasteiger partial charge in [0, 0.05) is 44.5 Å². The van der Waals surface area contributed by atoms with Gasteiger partial charge in [-0.2, -0.15) is 0 Å². The molecule has 0 N–H and O–H groups in total. The lowest BCUT2D eigenvalue weighted by molar-refractivity contribution is 0.668. The molecule has 0 unspecified atom stereocenters. The van der Waals surface area contributed by atoms with Crippen LogP contribution in [0.2, 0.25) is 0 Å². The van der Waals surface area contributed by atoms with Crippen molar-refractivity contribution in [1.29, 1.82) is 0 Å². The summed E-state index contributed by atoms with van der Waals surface area (Å²) in [6.07, 6.45) is 0. The number of para-hydroxylation sites is 2. The van der Waals surface area contributed by atoms with Gasteiger partial charge in [0.2, 0.25) is 0 Å². The molecule has 0 radical (unpaired) electrons. The summed E-state index contributed by atoms with van der Waals surface area (Å²) in [5.74, 6) is 0. The summed E-state index contributed by atoms with van der Waals surface area (Å²) >= 11 is 0. The number of furan rings is 2. The van der Waals surface area contributed by atoms with E-state index in [1.165, 1.54) is 16.7 Å². The first-order valence-corrected chi connectivity index (χ1v) is 17.2. The number of hydrogen-bond donors (Lipinski definition) is 0. The number of anilines is 3. The van der Waals surface area contributed by atoms with Crippen LogP contribution in [0, 0.1) is 0 Å². The van der Waals surface area contributed by atoms with Gasteiger partial charge in [-0.25, -0.2) is 0 Å². The lowest BCUT2D eigenvalue weighted by Gasteiger charge is -2.28. The highest BCUT2D eigenvalue weighted by molar-refractivity contribution is 6.08. The third-order valence-electron chi connectivity index (χ3n) is 9.89. The van der Waals surface area contributed by atoms with E-state index in [9.17, 15) is 0 Å². The molecule has 3 nitrogen and oxygen atoms in total. The largest absolute Gasteiger partial charge is 0.456 e. The first-order valence-electron chi connectivity index (χ1n) is 17.2. The molecule has 0 atom stereocenters. The molecule has 10 rings (SSSR count). The molecule has 2 heterocycles. The van der Waals surface area contributed by atoms with Crippen LogP contribution in [-0.4, -0.2) is 0 Å². The van der Waals surface area contributed by atoms with Gasteiger partial charge in [-0.15, -0.1) is 0 Å². The van der Waals surface area contributed by atoms with E-state index in [1.54, 1.807) is 0 Å². The lowest BCUT2D eigenvalue weighted by Crippen LogP contribution is -2.11. The highest BCUT2D eigenvalue weighted by Gasteiger charge is 2.21. The monoisotopic (exact) mass is 653 g/mol. The molecule has 10 aromatic rings. The second-order valence-electron chi connectivity index (χ2n) is 12.9. The average Bonchev–Trinajstić information content (AvgIpc) is 3.77. The fraction of sp³-hybridized carbons (Fsp3) is 0. The average molecular weight is 654 g/mol. The molecular formula is C48H31NO2. The van der Waals surface area contributed by atoms with Crippen LogP contribution < -0.4 is 4.90 Å². The third kappa shape index (κ3) is 5.06. The quantitative estimate of drug-likeness (QED) is 0.179. The van der Waals surface area contributed by atoms with Crippen molar-refractivity contribution in [3.8, 4) is 33.4 Å². The number of hydrogen-bond acceptors (Lipinski definition) is 3.